The van der Waals surface area contributed by atoms with Crippen molar-refractivity contribution in [3.8, 4) is 0 Å². The van der Waals surface area contributed by atoms with Crippen LogP contribution >= 0.6 is 34.8 Å². The fraction of sp³-hybridized carbons (Fsp3) is 0.500. The van der Waals surface area contributed by atoms with Crippen LogP contribution in [0.4, 0.5) is 0 Å². The lowest BCUT2D eigenvalue weighted by molar-refractivity contribution is 0.502. The number of hydrogen-bond donors (Lipinski definition) is 0. The van der Waals surface area contributed by atoms with Crippen LogP contribution in [0.15, 0.2) is 10.7 Å². The van der Waals surface area contributed by atoms with Crippen molar-refractivity contribution in [2.24, 2.45) is 0 Å². The number of rotatable bonds is 1. The predicted molar refractivity (Wildman–Crippen MR) is 45.1 cm³/mol. The molecule has 0 saturated heterocycles. The van der Waals surface area contributed by atoms with Gasteiger partial charge in [0.25, 0.3) is 3.79 Å². The molecule has 1 rings (SSSR count). The predicted octanol–water partition coefficient (Wildman–Crippen LogP) is 3.06. The molecule has 5 heteroatoms. The van der Waals surface area contributed by atoms with Crippen LogP contribution in [0.5, 0.6) is 0 Å². The van der Waals surface area contributed by atoms with E-state index in [0.717, 1.165) is 12.1 Å². The second-order valence-electron chi connectivity index (χ2n) is 2.00. The highest BCUT2D eigenvalue weighted by atomic mass is 35.6. The van der Waals surface area contributed by atoms with E-state index in [1.54, 1.807) is 0 Å². The van der Waals surface area contributed by atoms with Gasteiger partial charge in [-0.05, 0) is 6.42 Å². The molecule has 0 aliphatic rings. The Labute approximate surface area is 79.5 Å². The quantitative estimate of drug-likeness (QED) is 0.672. The Kier molecular flexibility index (Phi) is 2.68. The van der Waals surface area contributed by atoms with E-state index in [4.69, 9.17) is 39.2 Å². The Bertz CT molecular complexity index is 240. The minimum absolute atomic E-state index is 0.124. The summed E-state index contributed by atoms with van der Waals surface area (Å²) in [6.07, 6.45) is 2.25. The number of halogens is 3. The number of oxazole rings is 1. The summed E-state index contributed by atoms with van der Waals surface area (Å²) in [4.78, 5) is 3.94. The molecule has 0 aliphatic heterocycles. The van der Waals surface area contributed by atoms with Crippen molar-refractivity contribution in [2.75, 3.05) is 0 Å². The van der Waals surface area contributed by atoms with Gasteiger partial charge in [0.05, 0.1) is 5.69 Å². The Balaban J connectivity index is 2.89. The molecule has 0 bridgehead atoms. The van der Waals surface area contributed by atoms with Crippen molar-refractivity contribution in [3.63, 3.8) is 0 Å². The van der Waals surface area contributed by atoms with Crippen molar-refractivity contribution in [1.29, 1.82) is 0 Å². The first-order chi connectivity index (χ1) is 5.04. The van der Waals surface area contributed by atoms with Crippen LogP contribution in [-0.2, 0) is 10.2 Å². The van der Waals surface area contributed by atoms with Gasteiger partial charge in [0.1, 0.15) is 6.26 Å². The zero-order valence-corrected chi connectivity index (χ0v) is 8.04. The summed E-state index contributed by atoms with van der Waals surface area (Å²) in [6, 6.07) is 0. The summed E-state index contributed by atoms with van der Waals surface area (Å²) in [6.45, 7) is 1.94. The summed E-state index contributed by atoms with van der Waals surface area (Å²) in [5, 5.41) is 0. The van der Waals surface area contributed by atoms with E-state index >= 15 is 0 Å². The number of aryl methyl sites for hydroxylation is 1. The number of alkyl halides is 3. The molecular formula is C6H6Cl3NO. The number of nitrogens with zero attached hydrogens (tertiary/aromatic N) is 1. The fourth-order valence-electron chi connectivity index (χ4n) is 0.600. The molecule has 0 amide bonds. The lowest BCUT2D eigenvalue weighted by Gasteiger charge is -2.02. The fourth-order valence-corrected chi connectivity index (χ4v) is 0.860. The van der Waals surface area contributed by atoms with Crippen molar-refractivity contribution < 1.29 is 4.42 Å². The summed E-state index contributed by atoms with van der Waals surface area (Å²) in [7, 11) is 0. The molecule has 1 aromatic rings. The first kappa shape index (κ1) is 9.17. The third-order valence-electron chi connectivity index (χ3n) is 1.16. The summed E-state index contributed by atoms with van der Waals surface area (Å²) >= 11 is 16.5. The van der Waals surface area contributed by atoms with Gasteiger partial charge in [0.2, 0.25) is 5.89 Å². The summed E-state index contributed by atoms with van der Waals surface area (Å²) < 4.78 is 3.36. The van der Waals surface area contributed by atoms with Crippen LogP contribution in [0.2, 0.25) is 0 Å². The minimum Gasteiger partial charge on any atom is -0.445 e. The van der Waals surface area contributed by atoms with Crippen molar-refractivity contribution in [3.05, 3.63) is 17.8 Å². The molecule has 0 aliphatic carbocycles. The van der Waals surface area contributed by atoms with Gasteiger partial charge < -0.3 is 4.42 Å². The highest BCUT2D eigenvalue weighted by Crippen LogP contribution is 2.37. The third-order valence-corrected chi connectivity index (χ3v) is 1.64. The van der Waals surface area contributed by atoms with E-state index in [1.807, 2.05) is 6.92 Å². The van der Waals surface area contributed by atoms with Gasteiger partial charge in [-0.3, -0.25) is 0 Å². The maximum atomic E-state index is 5.50. The van der Waals surface area contributed by atoms with Crippen molar-refractivity contribution in [1.82, 2.24) is 4.98 Å². The minimum atomic E-state index is -1.55. The summed E-state index contributed by atoms with van der Waals surface area (Å²) in [5.41, 5.74) is 0.784. The van der Waals surface area contributed by atoms with Gasteiger partial charge >= 0.3 is 0 Å². The highest BCUT2D eigenvalue weighted by Gasteiger charge is 2.28. The molecule has 0 fully saturated rings. The SMILES string of the molecule is CCc1coc(C(Cl)(Cl)Cl)n1. The molecule has 2 nitrogen and oxygen atoms in total. The molecule has 0 saturated carbocycles. The lowest BCUT2D eigenvalue weighted by Crippen LogP contribution is -2.00. The van der Waals surface area contributed by atoms with Crippen LogP contribution in [0.1, 0.15) is 18.5 Å². The van der Waals surface area contributed by atoms with Gasteiger partial charge in [-0.2, -0.15) is 0 Å². The monoisotopic (exact) mass is 213 g/mol. The molecule has 0 N–H and O–H groups in total. The van der Waals surface area contributed by atoms with Crippen molar-refractivity contribution >= 4 is 34.8 Å². The lowest BCUT2D eigenvalue weighted by atomic mass is 10.4. The van der Waals surface area contributed by atoms with E-state index in [1.165, 1.54) is 6.26 Å². The number of hydrogen-bond acceptors (Lipinski definition) is 2. The number of aromatic nitrogens is 1. The second-order valence-corrected chi connectivity index (χ2v) is 4.28. The van der Waals surface area contributed by atoms with E-state index in [2.05, 4.69) is 4.98 Å². The third kappa shape index (κ3) is 2.26. The largest absolute Gasteiger partial charge is 0.445 e. The summed E-state index contributed by atoms with van der Waals surface area (Å²) in [5.74, 6) is 0.124. The van der Waals surface area contributed by atoms with Crippen LogP contribution in [0, 0.1) is 0 Å². The normalized spacial score (nSPS) is 12.0. The highest BCUT2D eigenvalue weighted by molar-refractivity contribution is 6.66. The Hall–Kier alpha value is 0.0800. The van der Waals surface area contributed by atoms with E-state index < -0.39 is 3.79 Å². The van der Waals surface area contributed by atoms with Crippen LogP contribution in [0.25, 0.3) is 0 Å². The molecule has 0 radical (unpaired) electrons. The van der Waals surface area contributed by atoms with Gasteiger partial charge in [-0.15, -0.1) is 0 Å². The van der Waals surface area contributed by atoms with Crippen LogP contribution in [0.3, 0.4) is 0 Å². The zero-order valence-electron chi connectivity index (χ0n) is 5.77. The average molecular weight is 214 g/mol. The van der Waals surface area contributed by atoms with E-state index in [0.29, 0.717) is 0 Å². The Morgan fingerprint density at radius 1 is 1.55 bits per heavy atom. The average Bonchev–Trinajstić information content (AvgIpc) is 2.32. The Morgan fingerprint density at radius 3 is 2.45 bits per heavy atom. The molecule has 0 aromatic carbocycles. The second kappa shape index (κ2) is 3.21. The molecule has 62 valence electrons. The molecule has 1 heterocycles. The molecule has 0 unspecified atom stereocenters. The topological polar surface area (TPSA) is 26.0 Å². The van der Waals surface area contributed by atoms with Crippen LogP contribution < -0.4 is 0 Å². The molecular weight excluding hydrogens is 208 g/mol. The standard InChI is InChI=1S/C6H6Cl3NO/c1-2-4-3-11-5(10-4)6(7,8)9/h3H,2H2,1H3. The van der Waals surface area contributed by atoms with Gasteiger partial charge in [0.15, 0.2) is 0 Å². The van der Waals surface area contributed by atoms with Crippen LogP contribution in [-0.4, -0.2) is 4.98 Å². The first-order valence-corrected chi connectivity index (χ1v) is 4.19. The molecule has 0 spiro atoms. The first-order valence-electron chi connectivity index (χ1n) is 3.05. The maximum Gasteiger partial charge on any atom is 0.266 e. The molecule has 11 heavy (non-hydrogen) atoms. The Morgan fingerprint density at radius 2 is 2.18 bits per heavy atom. The smallest absolute Gasteiger partial charge is 0.266 e. The maximum absolute atomic E-state index is 5.50. The molecule has 1 aromatic heterocycles. The van der Waals surface area contributed by atoms with E-state index in [-0.39, 0.29) is 5.89 Å². The van der Waals surface area contributed by atoms with Gasteiger partial charge in [-0.1, -0.05) is 41.7 Å². The van der Waals surface area contributed by atoms with Gasteiger partial charge in [0, 0.05) is 0 Å². The molecule has 0 atom stereocenters. The van der Waals surface area contributed by atoms with E-state index in [9.17, 15) is 0 Å². The van der Waals surface area contributed by atoms with Crippen molar-refractivity contribution in [2.45, 2.75) is 17.1 Å². The van der Waals surface area contributed by atoms with Gasteiger partial charge in [-0.25, -0.2) is 4.98 Å². The zero-order chi connectivity index (χ0) is 8.48.